The molecule has 6 heteroatoms. The summed E-state index contributed by atoms with van der Waals surface area (Å²) in [6, 6.07) is 3.37. The minimum Gasteiger partial charge on any atom is -0.495 e. The molecule has 102 valence electrons. The predicted molar refractivity (Wildman–Crippen MR) is 70.8 cm³/mol. The zero-order valence-corrected chi connectivity index (χ0v) is 11.4. The molecule has 2 rings (SSSR count). The standard InChI is InChI=1S/C13H14ClNO4/c1-7-3-10(11(19-2)5-9(7)14)15-6-8(13(17)18)4-12(15)16/h3,5,8H,4,6H2,1-2H3,(H,17,18). The molecule has 1 aromatic rings. The summed E-state index contributed by atoms with van der Waals surface area (Å²) in [4.78, 5) is 24.3. The van der Waals surface area contributed by atoms with E-state index in [0.29, 0.717) is 16.5 Å². The lowest BCUT2D eigenvalue weighted by atomic mass is 10.1. The molecule has 1 N–H and O–H groups in total. The second-order valence-electron chi connectivity index (χ2n) is 4.52. The van der Waals surface area contributed by atoms with Crippen LogP contribution in [0.4, 0.5) is 5.69 Å². The number of ether oxygens (including phenoxy) is 1. The first-order valence-corrected chi connectivity index (χ1v) is 6.19. The van der Waals surface area contributed by atoms with Crippen LogP contribution in [0.2, 0.25) is 5.02 Å². The molecular weight excluding hydrogens is 270 g/mol. The van der Waals surface area contributed by atoms with E-state index in [1.54, 1.807) is 12.1 Å². The zero-order chi connectivity index (χ0) is 14.2. The normalized spacial score (nSPS) is 18.8. The van der Waals surface area contributed by atoms with E-state index in [1.807, 2.05) is 6.92 Å². The smallest absolute Gasteiger partial charge is 0.308 e. The van der Waals surface area contributed by atoms with Crippen molar-refractivity contribution in [2.24, 2.45) is 5.92 Å². The first-order valence-electron chi connectivity index (χ1n) is 5.81. The highest BCUT2D eigenvalue weighted by Gasteiger charge is 2.36. The van der Waals surface area contributed by atoms with Gasteiger partial charge in [0.15, 0.2) is 0 Å². The number of nitrogens with zero attached hydrogens (tertiary/aromatic N) is 1. The maximum Gasteiger partial charge on any atom is 0.308 e. The molecule has 0 aliphatic carbocycles. The maximum absolute atomic E-state index is 11.9. The van der Waals surface area contributed by atoms with E-state index in [2.05, 4.69) is 0 Å². The van der Waals surface area contributed by atoms with Gasteiger partial charge in [0.1, 0.15) is 5.75 Å². The van der Waals surface area contributed by atoms with Crippen LogP contribution in [-0.2, 0) is 9.59 Å². The highest BCUT2D eigenvalue weighted by molar-refractivity contribution is 6.31. The highest BCUT2D eigenvalue weighted by atomic mass is 35.5. The minimum atomic E-state index is -0.958. The molecule has 1 saturated heterocycles. The second kappa shape index (κ2) is 5.09. The van der Waals surface area contributed by atoms with Gasteiger partial charge in [0, 0.05) is 24.1 Å². The maximum atomic E-state index is 11.9. The van der Waals surface area contributed by atoms with Gasteiger partial charge >= 0.3 is 5.97 Å². The molecule has 5 nitrogen and oxygen atoms in total. The van der Waals surface area contributed by atoms with Crippen molar-refractivity contribution in [3.8, 4) is 5.75 Å². The summed E-state index contributed by atoms with van der Waals surface area (Å²) in [6.45, 7) is 1.98. The van der Waals surface area contributed by atoms with Gasteiger partial charge in [-0.15, -0.1) is 0 Å². The molecule has 1 unspecified atom stereocenters. The predicted octanol–water partition coefficient (Wildman–Crippen LogP) is 2.09. The van der Waals surface area contributed by atoms with Gasteiger partial charge in [-0.25, -0.2) is 0 Å². The van der Waals surface area contributed by atoms with Crippen LogP contribution >= 0.6 is 11.6 Å². The van der Waals surface area contributed by atoms with E-state index in [4.69, 9.17) is 21.4 Å². The van der Waals surface area contributed by atoms with Gasteiger partial charge in [0.25, 0.3) is 0 Å². The van der Waals surface area contributed by atoms with Crippen LogP contribution in [0.5, 0.6) is 5.75 Å². The Kier molecular flexibility index (Phi) is 3.66. The number of amides is 1. The lowest BCUT2D eigenvalue weighted by molar-refractivity contribution is -0.141. The Bertz CT molecular complexity index is 544. The van der Waals surface area contributed by atoms with E-state index >= 15 is 0 Å². The Hall–Kier alpha value is -1.75. The Labute approximate surface area is 115 Å². The fraction of sp³-hybridized carbons (Fsp3) is 0.385. The number of rotatable bonds is 3. The van der Waals surface area contributed by atoms with Gasteiger partial charge in [0.2, 0.25) is 5.91 Å². The molecule has 1 atom stereocenters. The summed E-state index contributed by atoms with van der Waals surface area (Å²) in [5.74, 6) is -1.38. The minimum absolute atomic E-state index is 0.0140. The van der Waals surface area contributed by atoms with Gasteiger partial charge in [-0.2, -0.15) is 0 Å². The fourth-order valence-electron chi connectivity index (χ4n) is 2.13. The molecule has 0 bridgehead atoms. The van der Waals surface area contributed by atoms with Crippen molar-refractivity contribution >= 4 is 29.2 Å². The Morgan fingerprint density at radius 3 is 2.74 bits per heavy atom. The molecule has 1 aliphatic heterocycles. The third-order valence-electron chi connectivity index (χ3n) is 3.23. The van der Waals surface area contributed by atoms with Crippen molar-refractivity contribution < 1.29 is 19.4 Å². The number of hydrogen-bond donors (Lipinski definition) is 1. The van der Waals surface area contributed by atoms with Gasteiger partial charge in [-0.1, -0.05) is 11.6 Å². The van der Waals surface area contributed by atoms with Crippen molar-refractivity contribution in [3.63, 3.8) is 0 Å². The van der Waals surface area contributed by atoms with Crippen LogP contribution in [-0.4, -0.2) is 30.6 Å². The zero-order valence-electron chi connectivity index (χ0n) is 10.6. The van der Waals surface area contributed by atoms with Gasteiger partial charge in [-0.05, 0) is 18.6 Å². The van der Waals surface area contributed by atoms with E-state index in [9.17, 15) is 9.59 Å². The summed E-state index contributed by atoms with van der Waals surface area (Å²) >= 11 is 6.01. The Morgan fingerprint density at radius 2 is 2.21 bits per heavy atom. The molecule has 1 heterocycles. The monoisotopic (exact) mass is 283 g/mol. The lowest BCUT2D eigenvalue weighted by Crippen LogP contribution is -2.26. The second-order valence-corrected chi connectivity index (χ2v) is 4.92. The van der Waals surface area contributed by atoms with E-state index in [1.165, 1.54) is 12.0 Å². The Balaban J connectivity index is 2.39. The first-order chi connectivity index (χ1) is 8.93. The molecule has 0 radical (unpaired) electrons. The summed E-state index contributed by atoms with van der Waals surface area (Å²) in [5, 5.41) is 9.53. The average molecular weight is 284 g/mol. The van der Waals surface area contributed by atoms with Crippen molar-refractivity contribution in [2.75, 3.05) is 18.6 Å². The molecule has 1 aromatic carbocycles. The van der Waals surface area contributed by atoms with Crippen molar-refractivity contribution in [2.45, 2.75) is 13.3 Å². The van der Waals surface area contributed by atoms with Crippen LogP contribution in [0.15, 0.2) is 12.1 Å². The average Bonchev–Trinajstić information content (AvgIpc) is 2.74. The Morgan fingerprint density at radius 1 is 1.53 bits per heavy atom. The largest absolute Gasteiger partial charge is 0.495 e. The fourth-order valence-corrected chi connectivity index (χ4v) is 2.28. The summed E-state index contributed by atoms with van der Waals surface area (Å²) in [5.41, 5.74) is 1.38. The summed E-state index contributed by atoms with van der Waals surface area (Å²) < 4.78 is 5.21. The number of carbonyl (C=O) groups excluding carboxylic acids is 1. The van der Waals surface area contributed by atoms with Gasteiger partial charge in [-0.3, -0.25) is 9.59 Å². The van der Waals surface area contributed by atoms with Crippen molar-refractivity contribution in [1.82, 2.24) is 0 Å². The van der Waals surface area contributed by atoms with Crippen LogP contribution in [0.25, 0.3) is 0 Å². The number of aryl methyl sites for hydroxylation is 1. The lowest BCUT2D eigenvalue weighted by Gasteiger charge is -2.20. The molecule has 1 fully saturated rings. The summed E-state index contributed by atoms with van der Waals surface area (Å²) in [7, 11) is 1.49. The van der Waals surface area contributed by atoms with Crippen LogP contribution in [0.1, 0.15) is 12.0 Å². The SMILES string of the molecule is COc1cc(Cl)c(C)cc1N1CC(C(=O)O)CC1=O. The van der Waals surface area contributed by atoms with Gasteiger partial charge in [0.05, 0.1) is 18.7 Å². The number of anilines is 1. The van der Waals surface area contributed by atoms with Crippen LogP contribution in [0, 0.1) is 12.8 Å². The van der Waals surface area contributed by atoms with Crippen LogP contribution in [0.3, 0.4) is 0 Å². The van der Waals surface area contributed by atoms with E-state index in [0.717, 1.165) is 5.56 Å². The first kappa shape index (κ1) is 13.7. The highest BCUT2D eigenvalue weighted by Crippen LogP contribution is 2.36. The van der Waals surface area contributed by atoms with Crippen LogP contribution < -0.4 is 9.64 Å². The topological polar surface area (TPSA) is 66.8 Å². The molecule has 0 aromatic heterocycles. The molecular formula is C13H14ClNO4. The van der Waals surface area contributed by atoms with E-state index < -0.39 is 11.9 Å². The third kappa shape index (κ3) is 2.51. The van der Waals surface area contributed by atoms with Crippen molar-refractivity contribution in [1.29, 1.82) is 0 Å². The number of benzene rings is 1. The number of carboxylic acids is 1. The molecule has 1 aliphatic rings. The number of halogens is 1. The number of hydrogen-bond acceptors (Lipinski definition) is 3. The number of methoxy groups -OCH3 is 1. The number of carboxylic acid groups (broad SMARTS) is 1. The van der Waals surface area contributed by atoms with Gasteiger partial charge < -0.3 is 14.7 Å². The third-order valence-corrected chi connectivity index (χ3v) is 3.63. The number of carbonyl (C=O) groups is 2. The van der Waals surface area contributed by atoms with E-state index in [-0.39, 0.29) is 18.9 Å². The molecule has 1 amide bonds. The van der Waals surface area contributed by atoms with Crippen molar-refractivity contribution in [3.05, 3.63) is 22.7 Å². The number of aliphatic carboxylic acids is 1. The quantitative estimate of drug-likeness (QED) is 0.922. The molecule has 0 spiro atoms. The molecule has 19 heavy (non-hydrogen) atoms. The molecule has 0 saturated carbocycles. The summed E-state index contributed by atoms with van der Waals surface area (Å²) in [6.07, 6.45) is 0.0140.